The highest BCUT2D eigenvalue weighted by molar-refractivity contribution is 6.01. The summed E-state index contributed by atoms with van der Waals surface area (Å²) in [5.74, 6) is 1.08. The number of Topliss-reactive ketones (excluding diaryl/α,β-unsaturated/α-hetero) is 1. The average molecular weight is 232 g/mol. The molecule has 1 heterocycles. The summed E-state index contributed by atoms with van der Waals surface area (Å²) in [6.45, 7) is 4.24. The van der Waals surface area contributed by atoms with Gasteiger partial charge >= 0.3 is 0 Å². The van der Waals surface area contributed by atoms with Crippen molar-refractivity contribution in [2.75, 3.05) is 0 Å². The van der Waals surface area contributed by atoms with Gasteiger partial charge < -0.3 is 4.74 Å². The Hall–Kier alpha value is -1.31. The molecule has 0 saturated heterocycles. The van der Waals surface area contributed by atoms with Gasteiger partial charge in [-0.25, -0.2) is 0 Å². The van der Waals surface area contributed by atoms with E-state index in [0.717, 1.165) is 37.0 Å². The lowest BCUT2D eigenvalue weighted by molar-refractivity contribution is 0.0625. The van der Waals surface area contributed by atoms with Gasteiger partial charge in [-0.05, 0) is 25.0 Å². The normalized spacial score (nSPS) is 23.1. The van der Waals surface area contributed by atoms with Crippen molar-refractivity contribution in [3.05, 3.63) is 29.8 Å². The Morgan fingerprint density at radius 2 is 2.00 bits per heavy atom. The van der Waals surface area contributed by atoms with Crippen LogP contribution in [-0.2, 0) is 0 Å². The SMILES string of the molecule is CCCC[C@H]1C(=O)c2ccccc2O[C@H]1CC. The maximum atomic E-state index is 12.4. The molecule has 0 spiro atoms. The van der Waals surface area contributed by atoms with Gasteiger partial charge in [-0.3, -0.25) is 4.79 Å². The van der Waals surface area contributed by atoms with Crippen LogP contribution in [0.25, 0.3) is 0 Å². The molecule has 0 radical (unpaired) electrons. The molecule has 1 aromatic carbocycles. The minimum atomic E-state index is 0.0508. The first-order valence-corrected chi connectivity index (χ1v) is 6.57. The first-order chi connectivity index (χ1) is 8.27. The van der Waals surface area contributed by atoms with Crippen molar-refractivity contribution in [1.29, 1.82) is 0 Å². The molecule has 2 atom stereocenters. The van der Waals surface area contributed by atoms with Crippen molar-refractivity contribution >= 4 is 5.78 Å². The van der Waals surface area contributed by atoms with E-state index in [9.17, 15) is 4.79 Å². The van der Waals surface area contributed by atoms with Crippen LogP contribution >= 0.6 is 0 Å². The summed E-state index contributed by atoms with van der Waals surface area (Å²) in [5, 5.41) is 0. The second-order valence-corrected chi connectivity index (χ2v) is 4.67. The summed E-state index contributed by atoms with van der Waals surface area (Å²) in [5.41, 5.74) is 0.762. The molecule has 0 unspecified atom stereocenters. The second kappa shape index (κ2) is 5.35. The quantitative estimate of drug-likeness (QED) is 0.788. The summed E-state index contributed by atoms with van der Waals surface area (Å²) in [6.07, 6.45) is 4.13. The number of carbonyl (C=O) groups excluding carboxylic acids is 1. The van der Waals surface area contributed by atoms with E-state index in [1.165, 1.54) is 0 Å². The van der Waals surface area contributed by atoms with Gasteiger partial charge in [0.25, 0.3) is 0 Å². The first kappa shape index (κ1) is 12.2. The van der Waals surface area contributed by atoms with Crippen LogP contribution in [0.4, 0.5) is 0 Å². The molecule has 1 aliphatic rings. The van der Waals surface area contributed by atoms with E-state index < -0.39 is 0 Å². The number of ether oxygens (including phenoxy) is 1. The molecule has 0 aliphatic carbocycles. The fourth-order valence-electron chi connectivity index (χ4n) is 2.50. The molecule has 92 valence electrons. The zero-order valence-corrected chi connectivity index (χ0v) is 10.6. The van der Waals surface area contributed by atoms with E-state index in [-0.39, 0.29) is 17.8 Å². The molecule has 17 heavy (non-hydrogen) atoms. The Balaban J connectivity index is 2.26. The van der Waals surface area contributed by atoms with Crippen LogP contribution in [0.2, 0.25) is 0 Å². The summed E-state index contributed by atoms with van der Waals surface area (Å²) >= 11 is 0. The summed E-state index contributed by atoms with van der Waals surface area (Å²) in [4.78, 5) is 12.4. The number of unbranched alkanes of at least 4 members (excludes halogenated alkanes) is 1. The molecule has 1 aliphatic heterocycles. The van der Waals surface area contributed by atoms with Crippen molar-refractivity contribution < 1.29 is 9.53 Å². The van der Waals surface area contributed by atoms with E-state index >= 15 is 0 Å². The van der Waals surface area contributed by atoms with Gasteiger partial charge in [0, 0.05) is 0 Å². The Bertz CT molecular complexity index is 398. The Labute approximate surface area is 103 Å². The van der Waals surface area contributed by atoms with Gasteiger partial charge in [0.2, 0.25) is 0 Å². The van der Waals surface area contributed by atoms with E-state index in [4.69, 9.17) is 4.74 Å². The maximum absolute atomic E-state index is 12.4. The van der Waals surface area contributed by atoms with Crippen molar-refractivity contribution in [2.24, 2.45) is 5.92 Å². The van der Waals surface area contributed by atoms with Gasteiger partial charge in [-0.2, -0.15) is 0 Å². The lowest BCUT2D eigenvalue weighted by Crippen LogP contribution is -2.37. The second-order valence-electron chi connectivity index (χ2n) is 4.67. The summed E-state index contributed by atoms with van der Waals surface area (Å²) in [7, 11) is 0. The van der Waals surface area contributed by atoms with Crippen LogP contribution in [0.3, 0.4) is 0 Å². The number of fused-ring (bicyclic) bond motifs is 1. The third kappa shape index (κ3) is 2.36. The minimum absolute atomic E-state index is 0.0508. The van der Waals surface area contributed by atoms with Crippen LogP contribution in [0.15, 0.2) is 24.3 Å². The van der Waals surface area contributed by atoms with E-state index in [1.807, 2.05) is 24.3 Å². The van der Waals surface area contributed by atoms with Gasteiger partial charge in [-0.1, -0.05) is 38.8 Å². The molecule has 0 N–H and O–H groups in total. The monoisotopic (exact) mass is 232 g/mol. The number of benzene rings is 1. The predicted octanol–water partition coefficient (Wildman–Crippen LogP) is 3.85. The molecule has 0 saturated carbocycles. The topological polar surface area (TPSA) is 26.3 Å². The number of ketones is 1. The molecule has 0 fully saturated rings. The molecule has 2 heteroatoms. The summed E-state index contributed by atoms with van der Waals surface area (Å²) in [6, 6.07) is 7.60. The molecule has 2 nitrogen and oxygen atoms in total. The van der Waals surface area contributed by atoms with Crippen molar-refractivity contribution in [3.63, 3.8) is 0 Å². The number of para-hydroxylation sites is 1. The molecule has 0 aromatic heterocycles. The molecule has 2 rings (SSSR count). The van der Waals surface area contributed by atoms with Crippen molar-refractivity contribution in [2.45, 2.75) is 45.6 Å². The number of hydrogen-bond acceptors (Lipinski definition) is 2. The van der Waals surface area contributed by atoms with Crippen LogP contribution in [-0.4, -0.2) is 11.9 Å². The average Bonchev–Trinajstić information content (AvgIpc) is 2.37. The zero-order chi connectivity index (χ0) is 12.3. The standard InChI is InChI=1S/C15H20O2/c1-3-5-8-11-13(4-2)17-14-10-7-6-9-12(14)15(11)16/h6-7,9-11,13H,3-5,8H2,1-2H3/t11-,13+/m1/s1. The number of hydrogen-bond donors (Lipinski definition) is 0. The number of carbonyl (C=O) groups is 1. The predicted molar refractivity (Wildman–Crippen MR) is 68.5 cm³/mol. The number of rotatable bonds is 4. The summed E-state index contributed by atoms with van der Waals surface area (Å²) < 4.78 is 5.94. The van der Waals surface area contributed by atoms with Crippen LogP contribution in [0.5, 0.6) is 5.75 Å². The largest absolute Gasteiger partial charge is 0.489 e. The first-order valence-electron chi connectivity index (χ1n) is 6.57. The highest BCUT2D eigenvalue weighted by atomic mass is 16.5. The highest BCUT2D eigenvalue weighted by Crippen LogP contribution is 2.34. The molecule has 1 aromatic rings. The minimum Gasteiger partial charge on any atom is -0.489 e. The van der Waals surface area contributed by atoms with Crippen LogP contribution < -0.4 is 4.74 Å². The lowest BCUT2D eigenvalue weighted by atomic mass is 9.84. The van der Waals surface area contributed by atoms with Crippen LogP contribution in [0.1, 0.15) is 49.9 Å². The molecular weight excluding hydrogens is 212 g/mol. The fourth-order valence-corrected chi connectivity index (χ4v) is 2.50. The highest BCUT2D eigenvalue weighted by Gasteiger charge is 2.35. The van der Waals surface area contributed by atoms with Crippen molar-refractivity contribution in [1.82, 2.24) is 0 Å². The van der Waals surface area contributed by atoms with Crippen molar-refractivity contribution in [3.8, 4) is 5.75 Å². The third-order valence-corrected chi connectivity index (χ3v) is 3.49. The lowest BCUT2D eigenvalue weighted by Gasteiger charge is -2.32. The fraction of sp³-hybridized carbons (Fsp3) is 0.533. The maximum Gasteiger partial charge on any atom is 0.173 e. The van der Waals surface area contributed by atoms with E-state index in [0.29, 0.717) is 0 Å². The third-order valence-electron chi connectivity index (χ3n) is 3.49. The van der Waals surface area contributed by atoms with Crippen LogP contribution in [0, 0.1) is 5.92 Å². The smallest absolute Gasteiger partial charge is 0.173 e. The van der Waals surface area contributed by atoms with E-state index in [2.05, 4.69) is 13.8 Å². The molecule has 0 bridgehead atoms. The Kier molecular flexibility index (Phi) is 3.82. The molecule has 0 amide bonds. The van der Waals surface area contributed by atoms with Gasteiger partial charge in [-0.15, -0.1) is 0 Å². The van der Waals surface area contributed by atoms with Gasteiger partial charge in [0.1, 0.15) is 11.9 Å². The molecular formula is C15H20O2. The zero-order valence-electron chi connectivity index (χ0n) is 10.6. The Morgan fingerprint density at radius 3 is 2.71 bits per heavy atom. The van der Waals surface area contributed by atoms with Gasteiger partial charge in [0.05, 0.1) is 11.5 Å². The van der Waals surface area contributed by atoms with Gasteiger partial charge in [0.15, 0.2) is 5.78 Å². The Morgan fingerprint density at radius 1 is 1.24 bits per heavy atom. The van der Waals surface area contributed by atoms with E-state index in [1.54, 1.807) is 0 Å².